The Morgan fingerprint density at radius 3 is 2.88 bits per heavy atom. The molecule has 1 heterocycles. The third kappa shape index (κ3) is 2.70. The summed E-state index contributed by atoms with van der Waals surface area (Å²) in [5.41, 5.74) is 2.12. The summed E-state index contributed by atoms with van der Waals surface area (Å²) in [5, 5.41) is 11.9. The SMILES string of the molecule is OCCCc1nc(-c2ccccc2Br)cs1. The maximum absolute atomic E-state index is 8.76. The molecule has 2 aromatic rings. The van der Waals surface area contributed by atoms with Gasteiger partial charge in [-0.1, -0.05) is 34.1 Å². The fourth-order valence-corrected chi connectivity index (χ4v) is 2.78. The summed E-state index contributed by atoms with van der Waals surface area (Å²) < 4.78 is 1.06. The van der Waals surface area contributed by atoms with E-state index in [9.17, 15) is 0 Å². The molecule has 0 fully saturated rings. The third-order valence-electron chi connectivity index (χ3n) is 2.25. The lowest BCUT2D eigenvalue weighted by Gasteiger charge is -1.99. The predicted molar refractivity (Wildman–Crippen MR) is 70.7 cm³/mol. The van der Waals surface area contributed by atoms with Gasteiger partial charge in [0.1, 0.15) is 0 Å². The number of thiazole rings is 1. The Balaban J connectivity index is 2.22. The molecule has 2 nitrogen and oxygen atoms in total. The second-order valence-electron chi connectivity index (χ2n) is 3.43. The first-order valence-electron chi connectivity index (χ1n) is 5.11. The molecule has 1 N–H and O–H groups in total. The zero-order valence-electron chi connectivity index (χ0n) is 8.69. The normalized spacial score (nSPS) is 10.6. The van der Waals surface area contributed by atoms with Gasteiger partial charge in [0.25, 0.3) is 0 Å². The standard InChI is InChI=1S/C12H12BrNOS/c13-10-5-2-1-4-9(10)11-8-16-12(14-11)6-3-7-15/h1-2,4-5,8,15H,3,6-7H2. The third-order valence-corrected chi connectivity index (χ3v) is 3.85. The first-order valence-corrected chi connectivity index (χ1v) is 6.78. The van der Waals surface area contributed by atoms with Crippen molar-refractivity contribution in [3.05, 3.63) is 39.1 Å². The maximum atomic E-state index is 8.76. The van der Waals surface area contributed by atoms with Crippen molar-refractivity contribution in [2.75, 3.05) is 6.61 Å². The molecule has 84 valence electrons. The Labute approximate surface area is 107 Å². The van der Waals surface area contributed by atoms with Crippen LogP contribution in [0.5, 0.6) is 0 Å². The first-order chi connectivity index (χ1) is 7.81. The number of aromatic nitrogens is 1. The van der Waals surface area contributed by atoms with Gasteiger partial charge in [0, 0.05) is 28.4 Å². The maximum Gasteiger partial charge on any atom is 0.0933 e. The number of hydrogen-bond acceptors (Lipinski definition) is 3. The topological polar surface area (TPSA) is 33.1 Å². The summed E-state index contributed by atoms with van der Waals surface area (Å²) >= 11 is 5.17. The van der Waals surface area contributed by atoms with Crippen LogP contribution in [-0.2, 0) is 6.42 Å². The van der Waals surface area contributed by atoms with Crippen molar-refractivity contribution < 1.29 is 5.11 Å². The van der Waals surface area contributed by atoms with Gasteiger partial charge in [-0.15, -0.1) is 11.3 Å². The first kappa shape index (κ1) is 11.8. The zero-order chi connectivity index (χ0) is 11.4. The number of nitrogens with zero attached hydrogens (tertiary/aromatic N) is 1. The molecule has 0 atom stereocenters. The molecule has 1 aromatic heterocycles. The van der Waals surface area contributed by atoms with Gasteiger partial charge < -0.3 is 5.11 Å². The zero-order valence-corrected chi connectivity index (χ0v) is 11.1. The van der Waals surface area contributed by atoms with E-state index in [1.165, 1.54) is 0 Å². The number of hydrogen-bond donors (Lipinski definition) is 1. The summed E-state index contributed by atoms with van der Waals surface area (Å²) in [6.45, 7) is 0.226. The summed E-state index contributed by atoms with van der Waals surface area (Å²) in [6, 6.07) is 8.07. The lowest BCUT2D eigenvalue weighted by Crippen LogP contribution is -1.88. The predicted octanol–water partition coefficient (Wildman–Crippen LogP) is 3.50. The van der Waals surface area contributed by atoms with Crippen molar-refractivity contribution in [2.24, 2.45) is 0 Å². The van der Waals surface area contributed by atoms with Gasteiger partial charge in [0.2, 0.25) is 0 Å². The highest BCUT2D eigenvalue weighted by Gasteiger charge is 2.06. The van der Waals surface area contributed by atoms with Gasteiger partial charge >= 0.3 is 0 Å². The molecule has 1 aromatic carbocycles. The van der Waals surface area contributed by atoms with Crippen LogP contribution >= 0.6 is 27.3 Å². The molecular weight excluding hydrogens is 286 g/mol. The van der Waals surface area contributed by atoms with E-state index in [1.54, 1.807) is 11.3 Å². The number of rotatable bonds is 4. The molecule has 0 saturated carbocycles. The monoisotopic (exact) mass is 297 g/mol. The molecule has 2 rings (SSSR count). The Bertz CT molecular complexity index is 470. The molecule has 16 heavy (non-hydrogen) atoms. The van der Waals surface area contributed by atoms with Crippen LogP contribution in [-0.4, -0.2) is 16.7 Å². The van der Waals surface area contributed by atoms with Crippen molar-refractivity contribution in [2.45, 2.75) is 12.8 Å². The molecule has 4 heteroatoms. The highest BCUT2D eigenvalue weighted by Crippen LogP contribution is 2.29. The van der Waals surface area contributed by atoms with E-state index >= 15 is 0 Å². The molecule has 0 spiro atoms. The number of aliphatic hydroxyl groups is 1. The van der Waals surface area contributed by atoms with Gasteiger partial charge in [0.15, 0.2) is 0 Å². The van der Waals surface area contributed by atoms with Crippen LogP contribution in [0, 0.1) is 0 Å². The van der Waals surface area contributed by atoms with Crippen molar-refractivity contribution >= 4 is 27.3 Å². The van der Waals surface area contributed by atoms with E-state index in [4.69, 9.17) is 5.11 Å². The molecular formula is C12H12BrNOS. The van der Waals surface area contributed by atoms with Crippen molar-refractivity contribution in [1.82, 2.24) is 4.98 Å². The van der Waals surface area contributed by atoms with Crippen LogP contribution in [0.3, 0.4) is 0 Å². The van der Waals surface area contributed by atoms with Crippen molar-refractivity contribution in [3.8, 4) is 11.3 Å². The van der Waals surface area contributed by atoms with Crippen LogP contribution in [0.25, 0.3) is 11.3 Å². The van der Waals surface area contributed by atoms with E-state index in [0.717, 1.165) is 33.6 Å². The number of aliphatic hydroxyl groups excluding tert-OH is 1. The van der Waals surface area contributed by atoms with Crippen LogP contribution in [0.1, 0.15) is 11.4 Å². The number of aryl methyl sites for hydroxylation is 1. The molecule has 0 unspecified atom stereocenters. The molecule has 0 saturated heterocycles. The van der Waals surface area contributed by atoms with Crippen LogP contribution in [0.4, 0.5) is 0 Å². The molecule has 0 aliphatic rings. The smallest absolute Gasteiger partial charge is 0.0933 e. The van der Waals surface area contributed by atoms with E-state index in [1.807, 2.05) is 18.2 Å². The van der Waals surface area contributed by atoms with Crippen molar-refractivity contribution in [3.63, 3.8) is 0 Å². The average Bonchev–Trinajstić information content (AvgIpc) is 2.75. The minimum atomic E-state index is 0.226. The fraction of sp³-hybridized carbons (Fsp3) is 0.250. The highest BCUT2D eigenvalue weighted by molar-refractivity contribution is 9.10. The fourth-order valence-electron chi connectivity index (χ4n) is 1.45. The van der Waals surface area contributed by atoms with Gasteiger partial charge in [-0.2, -0.15) is 0 Å². The number of halogens is 1. The van der Waals surface area contributed by atoms with E-state index in [-0.39, 0.29) is 6.61 Å². The van der Waals surface area contributed by atoms with E-state index in [0.29, 0.717) is 0 Å². The quantitative estimate of drug-likeness (QED) is 0.937. The van der Waals surface area contributed by atoms with E-state index < -0.39 is 0 Å². The Kier molecular flexibility index (Phi) is 4.09. The van der Waals surface area contributed by atoms with Gasteiger partial charge in [-0.25, -0.2) is 4.98 Å². The summed E-state index contributed by atoms with van der Waals surface area (Å²) in [7, 11) is 0. The van der Waals surface area contributed by atoms with Gasteiger partial charge in [0.05, 0.1) is 10.7 Å². The Hall–Kier alpha value is -0.710. The average molecular weight is 298 g/mol. The van der Waals surface area contributed by atoms with Crippen LogP contribution in [0.2, 0.25) is 0 Å². The Morgan fingerprint density at radius 2 is 2.12 bits per heavy atom. The molecule has 0 aliphatic heterocycles. The second kappa shape index (κ2) is 5.57. The van der Waals surface area contributed by atoms with Crippen LogP contribution in [0.15, 0.2) is 34.1 Å². The number of benzene rings is 1. The largest absolute Gasteiger partial charge is 0.396 e. The molecule has 0 bridgehead atoms. The van der Waals surface area contributed by atoms with E-state index in [2.05, 4.69) is 32.4 Å². The molecule has 0 aliphatic carbocycles. The van der Waals surface area contributed by atoms with Crippen LogP contribution < -0.4 is 0 Å². The molecule has 0 radical (unpaired) electrons. The molecule has 0 amide bonds. The minimum absolute atomic E-state index is 0.226. The van der Waals surface area contributed by atoms with Gasteiger partial charge in [-0.3, -0.25) is 0 Å². The Morgan fingerprint density at radius 1 is 1.31 bits per heavy atom. The lowest BCUT2D eigenvalue weighted by molar-refractivity contribution is 0.288. The van der Waals surface area contributed by atoms with Crippen molar-refractivity contribution in [1.29, 1.82) is 0 Å². The second-order valence-corrected chi connectivity index (χ2v) is 5.23. The van der Waals surface area contributed by atoms with Gasteiger partial charge in [-0.05, 0) is 12.5 Å². The lowest BCUT2D eigenvalue weighted by atomic mass is 10.2. The minimum Gasteiger partial charge on any atom is -0.396 e. The summed E-state index contributed by atoms with van der Waals surface area (Å²) in [6.07, 6.45) is 1.63. The summed E-state index contributed by atoms with van der Waals surface area (Å²) in [5.74, 6) is 0. The summed E-state index contributed by atoms with van der Waals surface area (Å²) in [4.78, 5) is 4.56. The highest BCUT2D eigenvalue weighted by atomic mass is 79.9.